The molecule has 2 fully saturated rings. The van der Waals surface area contributed by atoms with Gasteiger partial charge in [-0.3, -0.25) is 9.91 Å². The Labute approximate surface area is 144 Å². The summed E-state index contributed by atoms with van der Waals surface area (Å²) >= 11 is 1.65. The lowest BCUT2D eigenvalue weighted by atomic mass is 10.1. The third-order valence-corrected chi connectivity index (χ3v) is 5.30. The highest BCUT2D eigenvalue weighted by atomic mass is 32.2. The van der Waals surface area contributed by atoms with Crippen LogP contribution in [0.25, 0.3) is 0 Å². The Hall–Kier alpha value is -2.05. The summed E-state index contributed by atoms with van der Waals surface area (Å²) in [7, 11) is 0. The van der Waals surface area contributed by atoms with E-state index in [1.54, 1.807) is 33.8 Å². The molecule has 0 aromatic heterocycles. The van der Waals surface area contributed by atoms with Gasteiger partial charge in [0.15, 0.2) is 0 Å². The van der Waals surface area contributed by atoms with Crippen LogP contribution in [0.5, 0.6) is 0 Å². The number of urea groups is 1. The van der Waals surface area contributed by atoms with Gasteiger partial charge in [-0.2, -0.15) is 5.01 Å². The number of rotatable bonds is 3. The number of anilines is 1. The van der Waals surface area contributed by atoms with Gasteiger partial charge in [0.1, 0.15) is 12.0 Å². The van der Waals surface area contributed by atoms with E-state index >= 15 is 0 Å². The molecule has 2 aromatic rings. The minimum absolute atomic E-state index is 0.0855. The first-order valence-electron chi connectivity index (χ1n) is 7.96. The van der Waals surface area contributed by atoms with Crippen LogP contribution in [0, 0.1) is 5.82 Å². The van der Waals surface area contributed by atoms with Crippen LogP contribution in [0.1, 0.15) is 18.2 Å². The fourth-order valence-corrected chi connectivity index (χ4v) is 3.84. The predicted octanol–water partition coefficient (Wildman–Crippen LogP) is 4.11. The number of nitrogens with zero attached hydrogens (tertiary/aromatic N) is 3. The number of fused-ring (bicyclic) bond motifs is 1. The first kappa shape index (κ1) is 15.5. The average Bonchev–Trinajstić information content (AvgIpc) is 3.18. The van der Waals surface area contributed by atoms with E-state index in [1.807, 2.05) is 41.6 Å². The molecule has 6 heteroatoms. The van der Waals surface area contributed by atoms with Crippen LogP contribution in [0.15, 0.2) is 53.4 Å². The van der Waals surface area contributed by atoms with Gasteiger partial charge in [-0.15, -0.1) is 11.8 Å². The van der Waals surface area contributed by atoms with Crippen LogP contribution < -0.4 is 4.90 Å². The Balaban J connectivity index is 1.80. The molecule has 0 unspecified atom stereocenters. The Kier molecular flexibility index (Phi) is 3.94. The zero-order valence-electron chi connectivity index (χ0n) is 13.4. The average molecular weight is 343 g/mol. The number of hydrogen-bond donors (Lipinski definition) is 0. The van der Waals surface area contributed by atoms with Gasteiger partial charge in [0.05, 0.1) is 0 Å². The molecule has 2 aromatic carbocycles. The quantitative estimate of drug-likeness (QED) is 0.785. The van der Waals surface area contributed by atoms with Crippen molar-refractivity contribution in [3.05, 3.63) is 59.9 Å². The lowest BCUT2D eigenvalue weighted by Crippen LogP contribution is -2.32. The normalized spacial score (nSPS) is 20.8. The maximum Gasteiger partial charge on any atom is 0.340 e. The second-order valence-corrected chi connectivity index (χ2v) is 6.77. The van der Waals surface area contributed by atoms with Crippen LogP contribution >= 0.6 is 11.8 Å². The molecule has 2 saturated heterocycles. The molecule has 1 atom stereocenters. The van der Waals surface area contributed by atoms with Gasteiger partial charge in [0.2, 0.25) is 0 Å². The van der Waals surface area contributed by atoms with Gasteiger partial charge in [0.25, 0.3) is 0 Å². The smallest absolute Gasteiger partial charge is 0.271 e. The number of amides is 2. The summed E-state index contributed by atoms with van der Waals surface area (Å²) in [6, 6.07) is 14.5. The molecule has 0 N–H and O–H groups in total. The Morgan fingerprint density at radius 1 is 1.08 bits per heavy atom. The Bertz CT molecular complexity index is 767. The van der Waals surface area contributed by atoms with Crippen LogP contribution in [-0.2, 0) is 0 Å². The van der Waals surface area contributed by atoms with Crippen molar-refractivity contribution in [2.24, 2.45) is 0 Å². The second kappa shape index (κ2) is 6.11. The van der Waals surface area contributed by atoms with Crippen molar-refractivity contribution in [3.8, 4) is 0 Å². The number of carbonyl (C=O) groups excluding carboxylic acids is 1. The highest BCUT2D eigenvalue weighted by molar-refractivity contribution is 7.98. The molecule has 2 aliphatic rings. The maximum absolute atomic E-state index is 14.4. The molecule has 0 aliphatic carbocycles. The standard InChI is InChI=1S/C18H18FN3OS/c1-24-14-9-7-13(8-10-14)22-17(15-5-2-3-6-16(15)19)20-11-4-12-21(20)18(22)23/h2-3,5-10,17H,4,11-12H2,1H3/t17-/m0/s1. The van der Waals surface area contributed by atoms with Crippen molar-refractivity contribution in [1.29, 1.82) is 0 Å². The second-order valence-electron chi connectivity index (χ2n) is 5.89. The molecular formula is C18H18FN3OS. The van der Waals surface area contributed by atoms with Gasteiger partial charge in [-0.1, -0.05) is 18.2 Å². The summed E-state index contributed by atoms with van der Waals surface area (Å²) in [4.78, 5) is 15.7. The molecule has 0 radical (unpaired) electrons. The van der Waals surface area contributed by atoms with E-state index in [-0.39, 0.29) is 11.8 Å². The summed E-state index contributed by atoms with van der Waals surface area (Å²) in [5.41, 5.74) is 1.32. The van der Waals surface area contributed by atoms with E-state index in [0.29, 0.717) is 12.1 Å². The van der Waals surface area contributed by atoms with Gasteiger partial charge in [-0.25, -0.2) is 9.18 Å². The van der Waals surface area contributed by atoms with E-state index in [9.17, 15) is 9.18 Å². The highest BCUT2D eigenvalue weighted by Gasteiger charge is 2.48. The lowest BCUT2D eigenvalue weighted by Gasteiger charge is -2.28. The molecular weight excluding hydrogens is 325 g/mol. The summed E-state index contributed by atoms with van der Waals surface area (Å²) in [5, 5.41) is 3.71. The number of hydrogen-bond acceptors (Lipinski definition) is 3. The summed E-state index contributed by atoms with van der Waals surface area (Å²) in [5.74, 6) is -0.283. The molecule has 4 rings (SSSR count). The van der Waals surface area contributed by atoms with Crippen LogP contribution in [0.2, 0.25) is 0 Å². The molecule has 2 aliphatic heterocycles. The van der Waals surface area contributed by atoms with Crippen LogP contribution in [0.3, 0.4) is 0 Å². The molecule has 2 heterocycles. The van der Waals surface area contributed by atoms with Crippen LogP contribution in [0.4, 0.5) is 14.9 Å². The summed E-state index contributed by atoms with van der Waals surface area (Å²) in [6.45, 7) is 1.44. The van der Waals surface area contributed by atoms with Crippen LogP contribution in [-0.4, -0.2) is 35.4 Å². The third kappa shape index (κ3) is 2.37. The molecule has 24 heavy (non-hydrogen) atoms. The minimum atomic E-state index is -0.429. The van der Waals surface area contributed by atoms with Crippen molar-refractivity contribution in [2.75, 3.05) is 24.2 Å². The van der Waals surface area contributed by atoms with E-state index in [0.717, 1.165) is 23.5 Å². The maximum atomic E-state index is 14.4. The number of thioether (sulfide) groups is 1. The summed E-state index contributed by atoms with van der Waals surface area (Å²) < 4.78 is 14.4. The topological polar surface area (TPSA) is 26.8 Å². The van der Waals surface area contributed by atoms with Crippen molar-refractivity contribution >= 4 is 23.5 Å². The first-order chi connectivity index (χ1) is 11.7. The molecule has 2 amide bonds. The zero-order chi connectivity index (χ0) is 16.7. The van der Waals surface area contributed by atoms with E-state index < -0.39 is 6.17 Å². The summed E-state index contributed by atoms with van der Waals surface area (Å²) in [6.07, 6.45) is 2.50. The SMILES string of the molecule is CSc1ccc(N2C(=O)N3CCCN3[C@@H]2c2ccccc2F)cc1. The van der Waals surface area contributed by atoms with Crippen molar-refractivity contribution < 1.29 is 9.18 Å². The highest BCUT2D eigenvalue weighted by Crippen LogP contribution is 2.41. The number of hydrazine groups is 1. The number of halogens is 1. The van der Waals surface area contributed by atoms with Gasteiger partial charge >= 0.3 is 6.03 Å². The molecule has 0 saturated carbocycles. The molecule has 124 valence electrons. The molecule has 0 bridgehead atoms. The lowest BCUT2D eigenvalue weighted by molar-refractivity contribution is 0.0714. The number of carbonyl (C=O) groups is 1. The third-order valence-electron chi connectivity index (χ3n) is 4.55. The van der Waals surface area contributed by atoms with E-state index in [1.165, 1.54) is 6.07 Å². The fraction of sp³-hybridized carbons (Fsp3) is 0.278. The Morgan fingerprint density at radius 2 is 1.83 bits per heavy atom. The largest absolute Gasteiger partial charge is 0.340 e. The Morgan fingerprint density at radius 3 is 2.54 bits per heavy atom. The number of benzene rings is 2. The van der Waals surface area contributed by atoms with E-state index in [2.05, 4.69) is 0 Å². The molecule has 0 spiro atoms. The van der Waals surface area contributed by atoms with Crippen molar-refractivity contribution in [2.45, 2.75) is 17.5 Å². The van der Waals surface area contributed by atoms with Gasteiger partial charge < -0.3 is 0 Å². The van der Waals surface area contributed by atoms with Crippen molar-refractivity contribution in [1.82, 2.24) is 10.0 Å². The molecule has 4 nitrogen and oxygen atoms in total. The van der Waals surface area contributed by atoms with Gasteiger partial charge in [-0.05, 0) is 43.0 Å². The van der Waals surface area contributed by atoms with E-state index in [4.69, 9.17) is 0 Å². The predicted molar refractivity (Wildman–Crippen MR) is 93.3 cm³/mol. The first-order valence-corrected chi connectivity index (χ1v) is 9.19. The monoisotopic (exact) mass is 343 g/mol. The van der Waals surface area contributed by atoms with Crippen molar-refractivity contribution in [3.63, 3.8) is 0 Å². The fourth-order valence-electron chi connectivity index (χ4n) is 3.43. The minimum Gasteiger partial charge on any atom is -0.271 e. The zero-order valence-corrected chi connectivity index (χ0v) is 14.2. The van der Waals surface area contributed by atoms with Gasteiger partial charge in [0, 0.05) is 29.2 Å².